The maximum Gasteiger partial charge on any atom is 0.130 e. The molecule has 3 aromatic rings. The van der Waals surface area contributed by atoms with E-state index >= 15 is 0 Å². The van der Waals surface area contributed by atoms with E-state index in [-0.39, 0.29) is 0 Å². The zero-order valence-corrected chi connectivity index (χ0v) is 16.0. The predicted octanol–water partition coefficient (Wildman–Crippen LogP) is 5.84. The van der Waals surface area contributed by atoms with Crippen LogP contribution < -0.4 is 9.47 Å². The second-order valence-electron chi connectivity index (χ2n) is 7.18. The number of benzene rings is 2. The largest absolute Gasteiger partial charge is 0.497 e. The number of rotatable bonds is 5. The number of nitrogens with one attached hydrogen (secondary N) is 1. The quantitative estimate of drug-likeness (QED) is 0.620. The van der Waals surface area contributed by atoms with Gasteiger partial charge < -0.3 is 14.5 Å². The van der Waals surface area contributed by atoms with Crippen LogP contribution in [0.4, 0.5) is 0 Å². The fourth-order valence-electron chi connectivity index (χ4n) is 3.87. The van der Waals surface area contributed by atoms with Gasteiger partial charge in [0, 0.05) is 5.56 Å². The Morgan fingerprint density at radius 2 is 1.85 bits per heavy atom. The maximum atomic E-state index is 5.53. The minimum Gasteiger partial charge on any atom is -0.497 e. The van der Waals surface area contributed by atoms with Crippen molar-refractivity contribution in [3.63, 3.8) is 0 Å². The number of aromatic amines is 1. The first-order valence-electron chi connectivity index (χ1n) is 9.67. The number of nitrogens with zero attached hydrogens (tertiary/aromatic N) is 1. The summed E-state index contributed by atoms with van der Waals surface area (Å²) in [5.41, 5.74) is 4.09. The molecule has 1 aliphatic carbocycles. The first-order valence-corrected chi connectivity index (χ1v) is 9.67. The fourth-order valence-corrected chi connectivity index (χ4v) is 3.87. The number of fused-ring (bicyclic) bond motifs is 1. The van der Waals surface area contributed by atoms with Crippen LogP contribution in [0.25, 0.3) is 28.2 Å². The van der Waals surface area contributed by atoms with Crippen LogP contribution in [0.5, 0.6) is 11.5 Å². The van der Waals surface area contributed by atoms with E-state index in [0.717, 1.165) is 39.5 Å². The highest BCUT2D eigenvalue weighted by molar-refractivity contribution is 5.84. The van der Waals surface area contributed by atoms with Gasteiger partial charge in [-0.2, -0.15) is 0 Å². The van der Waals surface area contributed by atoms with Gasteiger partial charge in [0.25, 0.3) is 0 Å². The van der Waals surface area contributed by atoms with Crippen molar-refractivity contribution in [3.8, 4) is 22.6 Å². The molecule has 1 fully saturated rings. The molecule has 1 aliphatic rings. The Labute approximate surface area is 160 Å². The molecule has 4 heteroatoms. The zero-order chi connectivity index (χ0) is 18.6. The summed E-state index contributed by atoms with van der Waals surface area (Å²) >= 11 is 0. The van der Waals surface area contributed by atoms with Gasteiger partial charge in [0.2, 0.25) is 0 Å². The normalized spacial score (nSPS) is 15.5. The molecule has 0 aliphatic heterocycles. The van der Waals surface area contributed by atoms with Gasteiger partial charge in [-0.25, -0.2) is 4.98 Å². The van der Waals surface area contributed by atoms with Crippen molar-refractivity contribution in [2.75, 3.05) is 14.2 Å². The molecule has 1 aromatic heterocycles. The average Bonchev–Trinajstić information content (AvgIpc) is 3.14. The number of hydrogen-bond donors (Lipinski definition) is 1. The number of aromatic nitrogens is 2. The molecule has 0 unspecified atom stereocenters. The van der Waals surface area contributed by atoms with Crippen LogP contribution in [-0.2, 0) is 0 Å². The molecular formula is C23H26N2O2. The first kappa shape index (κ1) is 17.7. The molecule has 4 rings (SSSR count). The lowest BCUT2D eigenvalue weighted by atomic mass is 9.89. The van der Waals surface area contributed by atoms with E-state index in [1.165, 1.54) is 32.1 Å². The van der Waals surface area contributed by atoms with Crippen molar-refractivity contribution in [2.24, 2.45) is 5.92 Å². The molecule has 0 saturated heterocycles. The second kappa shape index (κ2) is 7.87. The van der Waals surface area contributed by atoms with Crippen LogP contribution in [0.15, 0.2) is 42.5 Å². The van der Waals surface area contributed by atoms with Gasteiger partial charge in [-0.3, -0.25) is 0 Å². The maximum absolute atomic E-state index is 5.53. The molecule has 27 heavy (non-hydrogen) atoms. The molecule has 140 valence electrons. The van der Waals surface area contributed by atoms with E-state index in [1.54, 1.807) is 14.2 Å². The summed E-state index contributed by atoms with van der Waals surface area (Å²) in [7, 11) is 3.36. The summed E-state index contributed by atoms with van der Waals surface area (Å²) in [4.78, 5) is 8.15. The molecule has 1 N–H and O–H groups in total. The van der Waals surface area contributed by atoms with Crippen LogP contribution in [0.3, 0.4) is 0 Å². The smallest absolute Gasteiger partial charge is 0.130 e. The highest BCUT2D eigenvalue weighted by Crippen LogP contribution is 2.34. The summed E-state index contributed by atoms with van der Waals surface area (Å²) in [6.07, 6.45) is 11.1. The van der Waals surface area contributed by atoms with Gasteiger partial charge >= 0.3 is 0 Å². The Morgan fingerprint density at radius 3 is 2.63 bits per heavy atom. The van der Waals surface area contributed by atoms with Crippen molar-refractivity contribution in [1.82, 2.24) is 9.97 Å². The van der Waals surface area contributed by atoms with Gasteiger partial charge in [0.1, 0.15) is 17.3 Å². The lowest BCUT2D eigenvalue weighted by Crippen LogP contribution is -2.02. The zero-order valence-electron chi connectivity index (χ0n) is 16.0. The van der Waals surface area contributed by atoms with Crippen molar-refractivity contribution in [2.45, 2.75) is 32.1 Å². The lowest BCUT2D eigenvalue weighted by Gasteiger charge is -2.17. The predicted molar refractivity (Wildman–Crippen MR) is 110 cm³/mol. The number of imidazole rings is 1. The molecule has 4 nitrogen and oxygen atoms in total. The Balaban J connectivity index is 1.64. The van der Waals surface area contributed by atoms with E-state index in [4.69, 9.17) is 14.5 Å². The first-order chi connectivity index (χ1) is 13.3. The Bertz CT molecular complexity index is 952. The van der Waals surface area contributed by atoms with Gasteiger partial charge in [0.05, 0.1) is 25.3 Å². The van der Waals surface area contributed by atoms with Crippen molar-refractivity contribution < 1.29 is 9.47 Å². The minimum atomic E-state index is 0.698. The Kier molecular flexibility index (Phi) is 5.14. The third-order valence-corrected chi connectivity index (χ3v) is 5.39. The summed E-state index contributed by atoms with van der Waals surface area (Å²) in [6.45, 7) is 0. The summed E-state index contributed by atoms with van der Waals surface area (Å²) < 4.78 is 10.9. The van der Waals surface area contributed by atoms with Crippen molar-refractivity contribution in [3.05, 3.63) is 48.3 Å². The minimum absolute atomic E-state index is 0.698. The van der Waals surface area contributed by atoms with E-state index in [0.29, 0.717) is 5.92 Å². The molecule has 1 heterocycles. The molecule has 2 aromatic carbocycles. The van der Waals surface area contributed by atoms with Gasteiger partial charge in [0.15, 0.2) is 0 Å². The summed E-state index contributed by atoms with van der Waals surface area (Å²) in [5, 5.41) is 0. The number of allylic oxidation sites excluding steroid dienone is 1. The van der Waals surface area contributed by atoms with Gasteiger partial charge in [-0.1, -0.05) is 31.4 Å². The SMILES string of the molecule is COc1ccc(OC)c(-c2ccc3nc(/C=C/C4CCCCC4)[nH]c3c2)c1. The van der Waals surface area contributed by atoms with E-state index in [9.17, 15) is 0 Å². The third-order valence-electron chi connectivity index (χ3n) is 5.39. The lowest BCUT2D eigenvalue weighted by molar-refractivity contribution is 0.404. The third kappa shape index (κ3) is 3.85. The molecule has 0 amide bonds. The van der Waals surface area contributed by atoms with Crippen LogP contribution >= 0.6 is 0 Å². The monoisotopic (exact) mass is 362 g/mol. The summed E-state index contributed by atoms with van der Waals surface area (Å²) in [5.74, 6) is 3.26. The number of hydrogen-bond acceptors (Lipinski definition) is 3. The van der Waals surface area contributed by atoms with Crippen LogP contribution in [0.2, 0.25) is 0 Å². The molecule has 1 saturated carbocycles. The molecule has 0 radical (unpaired) electrons. The van der Waals surface area contributed by atoms with E-state index in [1.807, 2.05) is 18.2 Å². The number of ether oxygens (including phenoxy) is 2. The standard InChI is InChI=1S/C23H26N2O2/c1-26-18-10-12-22(27-2)19(15-18)17-9-11-20-21(14-17)25-23(24-20)13-8-16-6-4-3-5-7-16/h8-16H,3-7H2,1-2H3,(H,24,25)/b13-8+. The van der Waals surface area contributed by atoms with Crippen molar-refractivity contribution >= 4 is 17.1 Å². The van der Waals surface area contributed by atoms with E-state index < -0.39 is 0 Å². The fraction of sp³-hybridized carbons (Fsp3) is 0.348. The Hall–Kier alpha value is -2.75. The van der Waals surface area contributed by atoms with Gasteiger partial charge in [-0.05, 0) is 60.7 Å². The highest BCUT2D eigenvalue weighted by Gasteiger charge is 2.12. The molecule has 0 spiro atoms. The Morgan fingerprint density at radius 1 is 1.00 bits per heavy atom. The summed E-state index contributed by atoms with van der Waals surface area (Å²) in [6, 6.07) is 12.1. The number of H-pyrrole nitrogens is 1. The van der Waals surface area contributed by atoms with Crippen LogP contribution in [0.1, 0.15) is 37.9 Å². The highest BCUT2D eigenvalue weighted by atomic mass is 16.5. The van der Waals surface area contributed by atoms with Gasteiger partial charge in [-0.15, -0.1) is 0 Å². The molecule has 0 bridgehead atoms. The average molecular weight is 362 g/mol. The number of methoxy groups -OCH3 is 2. The van der Waals surface area contributed by atoms with Crippen LogP contribution in [0, 0.1) is 5.92 Å². The molecule has 0 atom stereocenters. The molecular weight excluding hydrogens is 336 g/mol. The van der Waals surface area contributed by atoms with Crippen molar-refractivity contribution in [1.29, 1.82) is 0 Å². The topological polar surface area (TPSA) is 47.1 Å². The second-order valence-corrected chi connectivity index (χ2v) is 7.18. The van der Waals surface area contributed by atoms with Crippen LogP contribution in [-0.4, -0.2) is 24.2 Å². The van der Waals surface area contributed by atoms with E-state index in [2.05, 4.69) is 35.3 Å².